The Morgan fingerprint density at radius 1 is 1.10 bits per heavy atom. The smallest absolute Gasteiger partial charge is 0.274 e. The molecule has 2 aromatic heterocycles. The van der Waals surface area contributed by atoms with Gasteiger partial charge in [0.15, 0.2) is 0 Å². The van der Waals surface area contributed by atoms with Gasteiger partial charge in [0, 0.05) is 30.4 Å². The number of amides is 1. The summed E-state index contributed by atoms with van der Waals surface area (Å²) in [6, 6.07) is 15.8. The molecule has 0 radical (unpaired) electrons. The molecule has 5 rings (SSSR count). The Labute approximate surface area is 182 Å². The van der Waals surface area contributed by atoms with Crippen LogP contribution in [0.15, 0.2) is 61.1 Å². The Kier molecular flexibility index (Phi) is 5.10. The Morgan fingerprint density at radius 2 is 1.90 bits per heavy atom. The first kappa shape index (κ1) is 19.9. The summed E-state index contributed by atoms with van der Waals surface area (Å²) >= 11 is 0. The number of imidazole rings is 1. The van der Waals surface area contributed by atoms with Gasteiger partial charge in [-0.15, -0.1) is 0 Å². The molecule has 2 fully saturated rings. The van der Waals surface area contributed by atoms with E-state index >= 15 is 0 Å². The summed E-state index contributed by atoms with van der Waals surface area (Å²) in [6.07, 6.45) is 7.98. The van der Waals surface area contributed by atoms with Gasteiger partial charge in [-0.3, -0.25) is 9.36 Å². The van der Waals surface area contributed by atoms with Gasteiger partial charge in [-0.05, 0) is 43.9 Å². The summed E-state index contributed by atoms with van der Waals surface area (Å²) in [5.41, 5.74) is 1.43. The number of pyridine rings is 1. The number of aliphatic hydroxyl groups is 1. The molecule has 1 saturated carbocycles. The highest BCUT2D eigenvalue weighted by atomic mass is 16.3. The quantitative estimate of drug-likeness (QED) is 0.704. The number of carbonyl (C=O) groups excluding carboxylic acids is 1. The van der Waals surface area contributed by atoms with Crippen LogP contribution in [0.3, 0.4) is 0 Å². The van der Waals surface area contributed by atoms with Gasteiger partial charge < -0.3 is 10.0 Å². The zero-order chi connectivity index (χ0) is 21.4. The van der Waals surface area contributed by atoms with Crippen LogP contribution in [0.2, 0.25) is 0 Å². The van der Waals surface area contributed by atoms with E-state index in [9.17, 15) is 9.90 Å². The lowest BCUT2D eigenvalue weighted by Crippen LogP contribution is -2.59. The predicted molar refractivity (Wildman–Crippen MR) is 118 cm³/mol. The first-order valence-corrected chi connectivity index (χ1v) is 11.1. The van der Waals surface area contributed by atoms with E-state index in [0.29, 0.717) is 18.7 Å². The molecule has 0 unspecified atom stereocenters. The van der Waals surface area contributed by atoms with Crippen LogP contribution >= 0.6 is 0 Å². The summed E-state index contributed by atoms with van der Waals surface area (Å²) in [5.74, 6) is 0.736. The molecule has 6 nitrogen and oxygen atoms in total. The predicted octanol–water partition coefficient (Wildman–Crippen LogP) is 3.87. The molecule has 3 aromatic rings. The van der Waals surface area contributed by atoms with Crippen molar-refractivity contribution in [2.45, 2.75) is 50.7 Å². The highest BCUT2D eigenvalue weighted by Crippen LogP contribution is 2.47. The van der Waals surface area contributed by atoms with Gasteiger partial charge in [-0.2, -0.15) is 0 Å². The maximum atomic E-state index is 13.5. The fourth-order valence-corrected chi connectivity index (χ4v) is 5.40. The normalized spacial score (nSPS) is 25.8. The Bertz CT molecular complexity index is 1080. The summed E-state index contributed by atoms with van der Waals surface area (Å²) in [7, 11) is 0. The topological polar surface area (TPSA) is 71.2 Å². The number of fused-ring (bicyclic) bond motifs is 1. The molecule has 31 heavy (non-hydrogen) atoms. The first-order valence-electron chi connectivity index (χ1n) is 11.1. The van der Waals surface area contributed by atoms with Crippen molar-refractivity contribution < 1.29 is 9.90 Å². The Hall–Kier alpha value is -2.99. The third kappa shape index (κ3) is 3.55. The second-order valence-electron chi connectivity index (χ2n) is 8.80. The van der Waals surface area contributed by atoms with Crippen LogP contribution in [0.1, 0.15) is 53.8 Å². The van der Waals surface area contributed by atoms with E-state index in [-0.39, 0.29) is 17.9 Å². The Morgan fingerprint density at radius 3 is 2.71 bits per heavy atom. The van der Waals surface area contributed by atoms with E-state index in [2.05, 4.69) is 9.97 Å². The zero-order valence-corrected chi connectivity index (χ0v) is 17.8. The average Bonchev–Trinajstić information content (AvgIpc) is 3.30. The minimum Gasteiger partial charge on any atom is -0.385 e. The fourth-order valence-electron chi connectivity index (χ4n) is 5.40. The van der Waals surface area contributed by atoms with Gasteiger partial charge in [-0.25, -0.2) is 9.97 Å². The van der Waals surface area contributed by atoms with Crippen molar-refractivity contribution in [1.29, 1.82) is 0 Å². The lowest BCUT2D eigenvalue weighted by atomic mass is 9.66. The molecule has 0 spiro atoms. The van der Waals surface area contributed by atoms with Crippen molar-refractivity contribution in [3.8, 4) is 5.82 Å². The second-order valence-corrected chi connectivity index (χ2v) is 8.80. The molecule has 6 heteroatoms. The van der Waals surface area contributed by atoms with Crippen LogP contribution in [0.4, 0.5) is 0 Å². The van der Waals surface area contributed by atoms with Crippen LogP contribution in [-0.4, -0.2) is 43.0 Å². The molecule has 2 aliphatic rings. The highest BCUT2D eigenvalue weighted by Gasteiger charge is 2.50. The summed E-state index contributed by atoms with van der Waals surface area (Å²) < 4.78 is 1.79. The van der Waals surface area contributed by atoms with Crippen molar-refractivity contribution in [2.75, 3.05) is 6.54 Å². The van der Waals surface area contributed by atoms with Gasteiger partial charge in [0.25, 0.3) is 5.91 Å². The molecular weight excluding hydrogens is 388 g/mol. The lowest BCUT2D eigenvalue weighted by Gasteiger charge is -2.52. The number of aryl methyl sites for hydroxylation is 1. The van der Waals surface area contributed by atoms with E-state index in [0.717, 1.165) is 42.8 Å². The van der Waals surface area contributed by atoms with Crippen LogP contribution in [0.25, 0.3) is 5.82 Å². The zero-order valence-electron chi connectivity index (χ0n) is 17.8. The van der Waals surface area contributed by atoms with E-state index in [4.69, 9.17) is 0 Å². The number of piperidine rings is 1. The van der Waals surface area contributed by atoms with Gasteiger partial charge in [0.1, 0.15) is 17.8 Å². The second kappa shape index (κ2) is 7.93. The van der Waals surface area contributed by atoms with Gasteiger partial charge >= 0.3 is 0 Å². The average molecular weight is 417 g/mol. The molecule has 1 aliphatic carbocycles. The first-order chi connectivity index (χ1) is 15.1. The number of carbonyl (C=O) groups is 1. The number of aromatic nitrogens is 3. The fraction of sp³-hybridized carbons (Fsp3) is 0.400. The molecule has 160 valence electrons. The molecule has 1 aliphatic heterocycles. The van der Waals surface area contributed by atoms with Crippen LogP contribution in [0, 0.1) is 12.8 Å². The van der Waals surface area contributed by atoms with Crippen LogP contribution in [0.5, 0.6) is 0 Å². The number of hydrogen-bond donors (Lipinski definition) is 1. The number of likely N-dealkylation sites (tertiary alicyclic amines) is 1. The van der Waals surface area contributed by atoms with Gasteiger partial charge in [0.05, 0.1) is 5.60 Å². The van der Waals surface area contributed by atoms with E-state index in [1.165, 1.54) is 0 Å². The Balaban J connectivity index is 1.42. The van der Waals surface area contributed by atoms with Gasteiger partial charge in [-0.1, -0.05) is 49.2 Å². The molecule has 1 amide bonds. The third-order valence-corrected chi connectivity index (χ3v) is 6.95. The molecule has 1 N–H and O–H groups in total. The number of hydrogen-bond acceptors (Lipinski definition) is 4. The molecule has 3 atom stereocenters. The summed E-state index contributed by atoms with van der Waals surface area (Å²) in [4.78, 5) is 24.3. The number of benzene rings is 1. The van der Waals surface area contributed by atoms with E-state index in [1.54, 1.807) is 17.1 Å². The van der Waals surface area contributed by atoms with E-state index < -0.39 is 5.60 Å². The SMILES string of the molecule is Cc1cccc(-n2cnc(C(=O)N3CC[C@](O)(c4ccccc4)[C@H]4CCCC[C@H]43)c2)n1. The third-order valence-electron chi connectivity index (χ3n) is 6.95. The van der Waals surface area contributed by atoms with Crippen molar-refractivity contribution in [3.05, 3.63) is 78.0 Å². The maximum Gasteiger partial charge on any atom is 0.274 e. The maximum absolute atomic E-state index is 13.5. The highest BCUT2D eigenvalue weighted by molar-refractivity contribution is 5.92. The minimum atomic E-state index is -0.881. The molecule has 0 bridgehead atoms. The number of nitrogens with zero attached hydrogens (tertiary/aromatic N) is 4. The lowest BCUT2D eigenvalue weighted by molar-refractivity contribution is -0.110. The van der Waals surface area contributed by atoms with Crippen molar-refractivity contribution in [1.82, 2.24) is 19.4 Å². The van der Waals surface area contributed by atoms with Crippen molar-refractivity contribution >= 4 is 5.91 Å². The van der Waals surface area contributed by atoms with Crippen molar-refractivity contribution in [2.24, 2.45) is 5.92 Å². The molecule has 3 heterocycles. The van der Waals surface area contributed by atoms with Crippen LogP contribution < -0.4 is 0 Å². The number of rotatable bonds is 3. The molecular formula is C25H28N4O2. The van der Waals surface area contributed by atoms with Crippen molar-refractivity contribution in [3.63, 3.8) is 0 Å². The molecule has 1 aromatic carbocycles. The summed E-state index contributed by atoms with van der Waals surface area (Å²) in [6.45, 7) is 2.47. The largest absolute Gasteiger partial charge is 0.385 e. The monoisotopic (exact) mass is 416 g/mol. The molecule has 1 saturated heterocycles. The standard InChI is InChI=1S/C25H28N4O2/c1-18-8-7-13-23(27-18)28-16-21(26-17-28)24(30)29-15-14-25(31,19-9-3-2-4-10-19)20-11-5-6-12-22(20)29/h2-4,7-10,13,16-17,20,22,31H,5-6,11-12,14-15H2,1H3/t20-,22+,25-/m0/s1. The van der Waals surface area contributed by atoms with E-state index in [1.807, 2.05) is 60.4 Å². The van der Waals surface area contributed by atoms with Gasteiger partial charge in [0.2, 0.25) is 0 Å². The van der Waals surface area contributed by atoms with Crippen LogP contribution in [-0.2, 0) is 5.60 Å². The minimum absolute atomic E-state index is 0.0300. The summed E-state index contributed by atoms with van der Waals surface area (Å²) in [5, 5.41) is 11.7.